The van der Waals surface area contributed by atoms with E-state index in [-0.39, 0.29) is 11.7 Å². The number of hydrogen-bond donors (Lipinski definition) is 1. The van der Waals surface area contributed by atoms with Gasteiger partial charge in [-0.05, 0) is 54.9 Å². The summed E-state index contributed by atoms with van der Waals surface area (Å²) in [6, 6.07) is 13.1. The normalized spacial score (nSPS) is 14.1. The number of nitrogen functional groups attached to an aromatic ring is 1. The largest absolute Gasteiger partial charge is 0.396 e. The summed E-state index contributed by atoms with van der Waals surface area (Å²) < 4.78 is 4.36. The molecule has 3 aromatic rings. The Morgan fingerprint density at radius 2 is 1.76 bits per heavy atom. The first-order chi connectivity index (χ1) is 14.0. The van der Waals surface area contributed by atoms with Gasteiger partial charge in [-0.15, -0.1) is 0 Å². The van der Waals surface area contributed by atoms with Gasteiger partial charge in [-0.1, -0.05) is 6.07 Å². The van der Waals surface area contributed by atoms with Gasteiger partial charge in [0.15, 0.2) is 5.78 Å². The van der Waals surface area contributed by atoms with E-state index in [2.05, 4.69) is 14.3 Å². The molecule has 0 spiro atoms. The summed E-state index contributed by atoms with van der Waals surface area (Å²) >= 11 is 1.12. The summed E-state index contributed by atoms with van der Waals surface area (Å²) in [6.07, 6.45) is 1.68. The fraction of sp³-hybridized carbons (Fsp3) is 0.238. The van der Waals surface area contributed by atoms with E-state index in [0.717, 1.165) is 30.3 Å². The molecule has 8 heteroatoms. The maximum Gasteiger partial charge on any atom is 0.267 e. The standard InChI is InChI=1S/C21H21N5O2S/c1-14(27)15-5-7-16(8-6-15)25-10-12-26(13-11-25)21(28)20-18(22)19(24-29-20)17-4-2-3-9-23-17/h2-9H,10-13,22H2,1H3. The predicted molar refractivity (Wildman–Crippen MR) is 114 cm³/mol. The Bertz CT molecular complexity index is 1020. The van der Waals surface area contributed by atoms with Gasteiger partial charge in [0.2, 0.25) is 0 Å². The van der Waals surface area contributed by atoms with Crippen molar-refractivity contribution in [2.45, 2.75) is 6.92 Å². The van der Waals surface area contributed by atoms with Crippen LogP contribution in [-0.2, 0) is 0 Å². The molecule has 1 amide bonds. The Balaban J connectivity index is 1.43. The van der Waals surface area contributed by atoms with Crippen molar-refractivity contribution in [1.82, 2.24) is 14.3 Å². The fourth-order valence-corrected chi connectivity index (χ4v) is 4.13. The minimum atomic E-state index is -0.0891. The molecule has 1 aliphatic heterocycles. The first-order valence-corrected chi connectivity index (χ1v) is 10.1. The lowest BCUT2D eigenvalue weighted by Gasteiger charge is -2.36. The quantitative estimate of drug-likeness (QED) is 0.669. The molecule has 0 unspecified atom stereocenters. The number of ketones is 1. The Labute approximate surface area is 172 Å². The Kier molecular flexibility index (Phi) is 5.26. The van der Waals surface area contributed by atoms with Gasteiger partial charge >= 0.3 is 0 Å². The number of carbonyl (C=O) groups excluding carboxylic acids is 2. The highest BCUT2D eigenvalue weighted by Crippen LogP contribution is 2.30. The number of pyridine rings is 1. The summed E-state index contributed by atoms with van der Waals surface area (Å²) in [5, 5.41) is 0. The second kappa shape index (κ2) is 8.00. The van der Waals surface area contributed by atoms with Crippen molar-refractivity contribution in [1.29, 1.82) is 0 Å². The average Bonchev–Trinajstić information content (AvgIpc) is 3.15. The Morgan fingerprint density at radius 3 is 2.38 bits per heavy atom. The number of hydrogen-bond acceptors (Lipinski definition) is 7. The number of piperazine rings is 1. The van der Waals surface area contributed by atoms with E-state index in [4.69, 9.17) is 5.73 Å². The molecule has 0 radical (unpaired) electrons. The van der Waals surface area contributed by atoms with Crippen LogP contribution in [0.3, 0.4) is 0 Å². The smallest absolute Gasteiger partial charge is 0.267 e. The van der Waals surface area contributed by atoms with E-state index in [1.165, 1.54) is 0 Å². The second-order valence-electron chi connectivity index (χ2n) is 6.87. The highest BCUT2D eigenvalue weighted by atomic mass is 32.1. The van der Waals surface area contributed by atoms with Crippen LogP contribution in [0.15, 0.2) is 48.7 Å². The Morgan fingerprint density at radius 1 is 1.03 bits per heavy atom. The van der Waals surface area contributed by atoms with Crippen LogP contribution in [0.25, 0.3) is 11.4 Å². The van der Waals surface area contributed by atoms with Crippen molar-refractivity contribution in [3.05, 3.63) is 59.1 Å². The number of carbonyl (C=O) groups is 2. The SMILES string of the molecule is CC(=O)c1ccc(N2CCN(C(=O)c3snc(-c4ccccn4)c3N)CC2)cc1. The number of nitrogens with zero attached hydrogens (tertiary/aromatic N) is 4. The van der Waals surface area contributed by atoms with Gasteiger partial charge in [0.25, 0.3) is 5.91 Å². The molecule has 1 aliphatic rings. The van der Waals surface area contributed by atoms with Crippen LogP contribution in [-0.4, -0.2) is 52.1 Å². The number of rotatable bonds is 4. The van der Waals surface area contributed by atoms with Gasteiger partial charge in [0, 0.05) is 43.6 Å². The molecule has 0 aliphatic carbocycles. The number of amides is 1. The molecule has 148 valence electrons. The number of benzene rings is 1. The molecule has 7 nitrogen and oxygen atoms in total. The van der Waals surface area contributed by atoms with E-state index in [0.29, 0.717) is 40.6 Å². The van der Waals surface area contributed by atoms with Gasteiger partial charge in [0.05, 0.1) is 11.4 Å². The van der Waals surface area contributed by atoms with E-state index < -0.39 is 0 Å². The van der Waals surface area contributed by atoms with Crippen LogP contribution >= 0.6 is 11.5 Å². The van der Waals surface area contributed by atoms with Crippen molar-refractivity contribution in [2.75, 3.05) is 36.8 Å². The number of aromatic nitrogens is 2. The molecule has 1 aromatic carbocycles. The second-order valence-corrected chi connectivity index (χ2v) is 7.64. The van der Waals surface area contributed by atoms with Crippen molar-refractivity contribution in [3.8, 4) is 11.4 Å². The fourth-order valence-electron chi connectivity index (χ4n) is 3.36. The van der Waals surface area contributed by atoms with Gasteiger partial charge < -0.3 is 15.5 Å². The zero-order chi connectivity index (χ0) is 20.4. The lowest BCUT2D eigenvalue weighted by Crippen LogP contribution is -2.48. The lowest BCUT2D eigenvalue weighted by atomic mass is 10.1. The summed E-state index contributed by atoms with van der Waals surface area (Å²) in [6.45, 7) is 4.20. The average molecular weight is 407 g/mol. The lowest BCUT2D eigenvalue weighted by molar-refractivity contribution is 0.0752. The van der Waals surface area contributed by atoms with Crippen LogP contribution in [0, 0.1) is 0 Å². The van der Waals surface area contributed by atoms with Crippen LogP contribution in [0.1, 0.15) is 27.0 Å². The molecule has 4 rings (SSSR count). The number of nitrogens with two attached hydrogens (primary N) is 1. The van der Waals surface area contributed by atoms with E-state index in [1.807, 2.05) is 47.4 Å². The first-order valence-electron chi connectivity index (χ1n) is 9.36. The van der Waals surface area contributed by atoms with Crippen molar-refractivity contribution >= 4 is 34.6 Å². The zero-order valence-corrected chi connectivity index (χ0v) is 16.9. The maximum absolute atomic E-state index is 13.0. The third-order valence-electron chi connectivity index (χ3n) is 5.04. The predicted octanol–water partition coefficient (Wildman–Crippen LogP) is 2.95. The summed E-state index contributed by atoms with van der Waals surface area (Å²) in [5.74, 6) is -0.0343. The molecule has 3 heterocycles. The van der Waals surface area contributed by atoms with Gasteiger partial charge in [-0.25, -0.2) is 0 Å². The van der Waals surface area contributed by atoms with Crippen LogP contribution < -0.4 is 10.6 Å². The number of Topliss-reactive ketones (excluding diaryl/α,β-unsaturated/α-hetero) is 1. The highest BCUT2D eigenvalue weighted by Gasteiger charge is 2.27. The highest BCUT2D eigenvalue weighted by molar-refractivity contribution is 7.09. The molecule has 0 atom stereocenters. The molecule has 1 fully saturated rings. The van der Waals surface area contributed by atoms with Crippen LogP contribution in [0.5, 0.6) is 0 Å². The van der Waals surface area contributed by atoms with Crippen LogP contribution in [0.4, 0.5) is 11.4 Å². The van der Waals surface area contributed by atoms with Gasteiger partial charge in [-0.2, -0.15) is 4.37 Å². The van der Waals surface area contributed by atoms with Crippen molar-refractivity contribution in [2.24, 2.45) is 0 Å². The molecule has 2 N–H and O–H groups in total. The molecular weight excluding hydrogens is 386 g/mol. The molecule has 0 bridgehead atoms. The molecule has 1 saturated heterocycles. The van der Waals surface area contributed by atoms with E-state index in [9.17, 15) is 9.59 Å². The number of anilines is 2. The maximum atomic E-state index is 13.0. The third kappa shape index (κ3) is 3.84. The van der Waals surface area contributed by atoms with Gasteiger partial charge in [0.1, 0.15) is 10.6 Å². The zero-order valence-electron chi connectivity index (χ0n) is 16.0. The molecule has 29 heavy (non-hydrogen) atoms. The molecule has 2 aromatic heterocycles. The first kappa shape index (κ1) is 19.1. The Hall–Kier alpha value is -3.26. The monoisotopic (exact) mass is 407 g/mol. The topological polar surface area (TPSA) is 92.4 Å². The minimum absolute atomic E-state index is 0.0548. The third-order valence-corrected chi connectivity index (χ3v) is 5.89. The van der Waals surface area contributed by atoms with E-state index >= 15 is 0 Å². The van der Waals surface area contributed by atoms with E-state index in [1.54, 1.807) is 13.1 Å². The van der Waals surface area contributed by atoms with Crippen molar-refractivity contribution < 1.29 is 9.59 Å². The molecular formula is C21H21N5O2S. The summed E-state index contributed by atoms with van der Waals surface area (Å²) in [5.41, 5.74) is 9.59. The molecule has 0 saturated carbocycles. The van der Waals surface area contributed by atoms with Gasteiger partial charge in [-0.3, -0.25) is 14.6 Å². The summed E-state index contributed by atoms with van der Waals surface area (Å²) in [7, 11) is 0. The van der Waals surface area contributed by atoms with Crippen molar-refractivity contribution in [3.63, 3.8) is 0 Å². The minimum Gasteiger partial charge on any atom is -0.396 e. The van der Waals surface area contributed by atoms with Crippen LogP contribution in [0.2, 0.25) is 0 Å². The summed E-state index contributed by atoms with van der Waals surface area (Å²) in [4.78, 5) is 33.2.